The Labute approximate surface area is 131 Å². The van der Waals surface area contributed by atoms with Gasteiger partial charge in [-0.2, -0.15) is 0 Å². The first-order valence-electron chi connectivity index (χ1n) is 7.57. The number of benzene rings is 1. The van der Waals surface area contributed by atoms with Crippen molar-refractivity contribution in [3.05, 3.63) is 40.2 Å². The maximum Gasteiger partial charge on any atom is 0.103 e. The Bertz CT molecular complexity index is 586. The highest BCUT2D eigenvalue weighted by atomic mass is 35.5. The number of aryl methyl sites for hydroxylation is 1. The zero-order valence-electron chi connectivity index (χ0n) is 13.2. The molecule has 0 saturated heterocycles. The lowest BCUT2D eigenvalue weighted by Gasteiger charge is -2.16. The van der Waals surface area contributed by atoms with Gasteiger partial charge in [0.1, 0.15) is 5.69 Å². The van der Waals surface area contributed by atoms with Gasteiger partial charge in [0.15, 0.2) is 0 Å². The van der Waals surface area contributed by atoms with Crippen LogP contribution in [0.5, 0.6) is 0 Å². The number of hydrogen-bond acceptors (Lipinski definition) is 3. The van der Waals surface area contributed by atoms with E-state index >= 15 is 0 Å². The lowest BCUT2D eigenvalue weighted by molar-refractivity contribution is 0.520. The van der Waals surface area contributed by atoms with Crippen molar-refractivity contribution in [1.82, 2.24) is 20.3 Å². The van der Waals surface area contributed by atoms with Gasteiger partial charge in [0.25, 0.3) is 0 Å². The molecule has 0 radical (unpaired) electrons. The molecule has 0 spiro atoms. The van der Waals surface area contributed by atoms with Crippen LogP contribution >= 0.6 is 11.6 Å². The molecule has 1 heterocycles. The molecule has 0 amide bonds. The third-order valence-corrected chi connectivity index (χ3v) is 4.02. The highest BCUT2D eigenvalue weighted by Crippen LogP contribution is 2.27. The van der Waals surface area contributed by atoms with Gasteiger partial charge < -0.3 is 5.32 Å². The zero-order chi connectivity index (χ0) is 15.4. The van der Waals surface area contributed by atoms with E-state index in [1.165, 1.54) is 0 Å². The molecule has 1 aromatic heterocycles. The molecule has 0 saturated carbocycles. The van der Waals surface area contributed by atoms with Gasteiger partial charge in [-0.05, 0) is 37.9 Å². The third-order valence-electron chi connectivity index (χ3n) is 3.72. The third kappa shape index (κ3) is 3.11. The van der Waals surface area contributed by atoms with Crippen molar-refractivity contribution in [3.8, 4) is 5.69 Å². The molecule has 4 nitrogen and oxygen atoms in total. The molecule has 1 unspecified atom stereocenters. The van der Waals surface area contributed by atoms with E-state index in [1.54, 1.807) is 0 Å². The molecule has 0 aliphatic heterocycles. The summed E-state index contributed by atoms with van der Waals surface area (Å²) in [5, 5.41) is 13.0. The predicted molar refractivity (Wildman–Crippen MR) is 87.2 cm³/mol. The standard InChI is InChI=1S/C16H23ClN4/c1-5-13(18-7-3)15-14(6-2)21(20-19-15)16-11(4)9-8-10-12(16)17/h8-10,13,18H,5-7H2,1-4H3. The van der Waals surface area contributed by atoms with E-state index in [2.05, 4.69) is 36.4 Å². The SMILES string of the molecule is CCNC(CC)c1nnn(-c2c(C)cccc2Cl)c1CC. The maximum atomic E-state index is 6.37. The van der Waals surface area contributed by atoms with E-state index in [4.69, 9.17) is 11.6 Å². The van der Waals surface area contributed by atoms with Gasteiger partial charge >= 0.3 is 0 Å². The van der Waals surface area contributed by atoms with E-state index in [0.29, 0.717) is 5.02 Å². The summed E-state index contributed by atoms with van der Waals surface area (Å²) in [4.78, 5) is 0. The summed E-state index contributed by atoms with van der Waals surface area (Å²) >= 11 is 6.37. The number of halogens is 1. The van der Waals surface area contributed by atoms with Gasteiger partial charge in [-0.25, -0.2) is 4.68 Å². The molecule has 21 heavy (non-hydrogen) atoms. The van der Waals surface area contributed by atoms with Gasteiger partial charge in [0.2, 0.25) is 0 Å². The summed E-state index contributed by atoms with van der Waals surface area (Å²) in [7, 11) is 0. The lowest BCUT2D eigenvalue weighted by atomic mass is 10.1. The minimum absolute atomic E-state index is 0.237. The molecule has 0 bridgehead atoms. The second-order valence-electron chi connectivity index (χ2n) is 5.11. The average molecular weight is 307 g/mol. The van der Waals surface area contributed by atoms with E-state index in [-0.39, 0.29) is 6.04 Å². The van der Waals surface area contributed by atoms with Crippen LogP contribution < -0.4 is 5.32 Å². The van der Waals surface area contributed by atoms with Crippen molar-refractivity contribution in [2.45, 2.75) is 46.6 Å². The van der Waals surface area contributed by atoms with Crippen LogP contribution in [0.1, 0.15) is 50.2 Å². The molecule has 2 rings (SSSR count). The fraction of sp³-hybridized carbons (Fsp3) is 0.500. The molecule has 2 aromatic rings. The van der Waals surface area contributed by atoms with Gasteiger partial charge in [-0.3, -0.25) is 0 Å². The monoisotopic (exact) mass is 306 g/mol. The average Bonchev–Trinajstić information content (AvgIpc) is 2.88. The van der Waals surface area contributed by atoms with Crippen molar-refractivity contribution in [2.75, 3.05) is 6.54 Å². The number of para-hydroxylation sites is 1. The lowest BCUT2D eigenvalue weighted by Crippen LogP contribution is -2.22. The summed E-state index contributed by atoms with van der Waals surface area (Å²) < 4.78 is 1.90. The number of nitrogens with zero attached hydrogens (tertiary/aromatic N) is 3. The van der Waals surface area contributed by atoms with E-state index in [1.807, 2.05) is 29.8 Å². The van der Waals surface area contributed by atoms with Gasteiger partial charge in [-0.15, -0.1) is 5.10 Å². The van der Waals surface area contributed by atoms with Crippen molar-refractivity contribution >= 4 is 11.6 Å². The quantitative estimate of drug-likeness (QED) is 0.881. The molecule has 114 valence electrons. The van der Waals surface area contributed by atoms with Crippen LogP contribution in [-0.2, 0) is 6.42 Å². The Morgan fingerprint density at radius 1 is 1.29 bits per heavy atom. The van der Waals surface area contributed by atoms with E-state index in [9.17, 15) is 0 Å². The smallest absolute Gasteiger partial charge is 0.103 e. The second kappa shape index (κ2) is 7.05. The Morgan fingerprint density at radius 3 is 2.62 bits per heavy atom. The highest BCUT2D eigenvalue weighted by Gasteiger charge is 2.21. The van der Waals surface area contributed by atoms with Crippen LogP contribution in [-0.4, -0.2) is 21.5 Å². The molecule has 1 N–H and O–H groups in total. The normalized spacial score (nSPS) is 12.6. The van der Waals surface area contributed by atoms with Crippen LogP contribution in [0.2, 0.25) is 5.02 Å². The Kier molecular flexibility index (Phi) is 5.37. The van der Waals surface area contributed by atoms with Crippen molar-refractivity contribution in [1.29, 1.82) is 0 Å². The molecular formula is C16H23ClN4. The van der Waals surface area contributed by atoms with Crippen LogP contribution in [0.15, 0.2) is 18.2 Å². The maximum absolute atomic E-state index is 6.37. The summed E-state index contributed by atoms with van der Waals surface area (Å²) in [6.07, 6.45) is 1.86. The molecule has 0 aliphatic carbocycles. The zero-order valence-corrected chi connectivity index (χ0v) is 13.9. The Morgan fingerprint density at radius 2 is 2.05 bits per heavy atom. The molecule has 0 fully saturated rings. The first-order chi connectivity index (χ1) is 10.1. The van der Waals surface area contributed by atoms with Crippen molar-refractivity contribution in [2.24, 2.45) is 0 Å². The number of hydrogen-bond donors (Lipinski definition) is 1. The fourth-order valence-electron chi connectivity index (χ4n) is 2.67. The fourth-order valence-corrected chi connectivity index (χ4v) is 2.97. The number of nitrogens with one attached hydrogen (secondary N) is 1. The summed E-state index contributed by atoms with van der Waals surface area (Å²) in [6.45, 7) is 9.36. The summed E-state index contributed by atoms with van der Waals surface area (Å²) in [5.41, 5.74) is 4.19. The van der Waals surface area contributed by atoms with Crippen LogP contribution in [0.4, 0.5) is 0 Å². The van der Waals surface area contributed by atoms with Crippen LogP contribution in [0, 0.1) is 6.92 Å². The van der Waals surface area contributed by atoms with E-state index < -0.39 is 0 Å². The minimum atomic E-state index is 0.237. The van der Waals surface area contributed by atoms with Gasteiger partial charge in [0, 0.05) is 0 Å². The first kappa shape index (κ1) is 16.0. The van der Waals surface area contributed by atoms with Crippen LogP contribution in [0.3, 0.4) is 0 Å². The van der Waals surface area contributed by atoms with Gasteiger partial charge in [0.05, 0.1) is 22.4 Å². The van der Waals surface area contributed by atoms with Crippen molar-refractivity contribution in [3.63, 3.8) is 0 Å². The molecular weight excluding hydrogens is 284 g/mol. The van der Waals surface area contributed by atoms with Crippen molar-refractivity contribution < 1.29 is 0 Å². The molecule has 1 atom stereocenters. The number of rotatable bonds is 6. The first-order valence-corrected chi connectivity index (χ1v) is 7.95. The Hall–Kier alpha value is -1.39. The van der Waals surface area contributed by atoms with Crippen LogP contribution in [0.25, 0.3) is 5.69 Å². The predicted octanol–water partition coefficient (Wildman–Crippen LogP) is 3.85. The topological polar surface area (TPSA) is 42.7 Å². The largest absolute Gasteiger partial charge is 0.309 e. The molecule has 1 aromatic carbocycles. The second-order valence-corrected chi connectivity index (χ2v) is 5.52. The number of aromatic nitrogens is 3. The minimum Gasteiger partial charge on any atom is -0.309 e. The van der Waals surface area contributed by atoms with Gasteiger partial charge in [-0.1, -0.05) is 49.7 Å². The summed E-state index contributed by atoms with van der Waals surface area (Å²) in [6, 6.07) is 6.13. The molecule has 0 aliphatic rings. The van der Waals surface area contributed by atoms with E-state index in [0.717, 1.165) is 42.0 Å². The summed E-state index contributed by atoms with van der Waals surface area (Å²) in [5.74, 6) is 0. The molecule has 5 heteroatoms. The highest BCUT2D eigenvalue weighted by molar-refractivity contribution is 6.32. The Balaban J connectivity index is 2.54.